The van der Waals surface area contributed by atoms with Gasteiger partial charge in [0.2, 0.25) is 7.37 Å². The van der Waals surface area contributed by atoms with Gasteiger partial charge in [-0.1, -0.05) is 50.2 Å². The van der Waals surface area contributed by atoms with Crippen molar-refractivity contribution in [2.24, 2.45) is 0 Å². The number of carboxylic acids is 1. The average Bonchev–Trinajstić information content (AvgIpc) is 2.77. The molecule has 0 aliphatic heterocycles. The maximum atomic E-state index is 13.7. The second kappa shape index (κ2) is 10.9. The van der Waals surface area contributed by atoms with Crippen molar-refractivity contribution >= 4 is 25.2 Å². The van der Waals surface area contributed by atoms with Gasteiger partial charge < -0.3 is 10.00 Å². The number of nitrogens with zero attached hydrogens (tertiary/aromatic N) is 1. The minimum Gasteiger partial charge on any atom is -0.481 e. The Morgan fingerprint density at radius 3 is 2.34 bits per heavy atom. The highest BCUT2D eigenvalue weighted by molar-refractivity contribution is 7.62. The molecule has 3 rings (SSSR count). The molecule has 182 valence electrons. The fraction of sp³-hybridized carbons (Fsp3) is 0.222. The summed E-state index contributed by atoms with van der Waals surface area (Å²) in [6.07, 6.45) is -0.131. The monoisotopic (exact) mass is 495 g/mol. The zero-order valence-electron chi connectivity index (χ0n) is 19.7. The van der Waals surface area contributed by atoms with Gasteiger partial charge in [-0.05, 0) is 53.8 Å². The number of pyridine rings is 1. The third-order valence-corrected chi connectivity index (χ3v) is 6.86. The smallest absolute Gasteiger partial charge is 0.310 e. The van der Waals surface area contributed by atoms with E-state index >= 15 is 0 Å². The summed E-state index contributed by atoms with van der Waals surface area (Å²) in [4.78, 5) is 37.8. The van der Waals surface area contributed by atoms with E-state index in [2.05, 4.69) is 0 Å². The Morgan fingerprint density at radius 1 is 1.09 bits per heavy atom. The third-order valence-electron chi connectivity index (χ3n) is 5.44. The van der Waals surface area contributed by atoms with Crippen molar-refractivity contribution in [2.75, 3.05) is 6.16 Å². The zero-order valence-corrected chi connectivity index (χ0v) is 20.6. The summed E-state index contributed by atoms with van der Waals surface area (Å²) in [5.41, 5.74) is 5.30. The first-order valence-corrected chi connectivity index (χ1v) is 13.0. The number of aliphatic carboxylic acids is 1. The van der Waals surface area contributed by atoms with Crippen molar-refractivity contribution in [1.29, 1.82) is 0 Å². The molecule has 0 saturated heterocycles. The molecule has 35 heavy (non-hydrogen) atoms. The number of carbonyl (C=O) groups is 2. The molecule has 0 amide bonds. The number of carboxylic acid groups (broad SMARTS) is 1. The largest absolute Gasteiger partial charge is 0.481 e. The number of halogens is 1. The molecule has 8 heteroatoms. The van der Waals surface area contributed by atoms with Crippen LogP contribution in [0.2, 0.25) is 0 Å². The molecule has 0 fully saturated rings. The van der Waals surface area contributed by atoms with Crippen LogP contribution in [0.25, 0.3) is 28.5 Å². The second-order valence-electron chi connectivity index (χ2n) is 8.67. The molecule has 0 aliphatic carbocycles. The molecule has 0 aliphatic rings. The van der Waals surface area contributed by atoms with E-state index in [0.717, 1.165) is 16.9 Å². The Kier molecular flexibility index (Phi) is 8.15. The summed E-state index contributed by atoms with van der Waals surface area (Å²) < 4.78 is 26.3. The molecular weight excluding hydrogens is 468 g/mol. The maximum Gasteiger partial charge on any atom is 0.310 e. The van der Waals surface area contributed by atoms with E-state index in [9.17, 15) is 23.4 Å². The highest BCUT2D eigenvalue weighted by atomic mass is 31.2. The Morgan fingerprint density at radius 2 is 1.74 bits per heavy atom. The lowest BCUT2D eigenvalue weighted by Gasteiger charge is -2.18. The van der Waals surface area contributed by atoms with E-state index < -0.39 is 31.7 Å². The highest BCUT2D eigenvalue weighted by Crippen LogP contribution is 2.44. The Balaban J connectivity index is 2.18. The Bertz CT molecular complexity index is 1330. The number of benzene rings is 2. The minimum atomic E-state index is -4.10. The zero-order chi connectivity index (χ0) is 25.8. The first-order chi connectivity index (χ1) is 16.5. The lowest BCUT2D eigenvalue weighted by atomic mass is 9.92. The van der Waals surface area contributed by atoms with Crippen LogP contribution in [-0.2, 0) is 14.2 Å². The van der Waals surface area contributed by atoms with Gasteiger partial charge in [-0.25, -0.2) is 4.39 Å². The molecule has 0 saturated carbocycles. The van der Waals surface area contributed by atoms with Crippen molar-refractivity contribution in [2.45, 2.75) is 33.1 Å². The summed E-state index contributed by atoms with van der Waals surface area (Å²) in [6.45, 7) is 5.88. The van der Waals surface area contributed by atoms with Crippen LogP contribution in [0.5, 0.6) is 0 Å². The number of aryl methyl sites for hydroxylation is 1. The van der Waals surface area contributed by atoms with Crippen LogP contribution in [0.1, 0.15) is 43.0 Å². The summed E-state index contributed by atoms with van der Waals surface area (Å²) in [5, 5.41) is 8.76. The molecule has 2 N–H and O–H groups in total. The van der Waals surface area contributed by atoms with Crippen LogP contribution in [0.3, 0.4) is 0 Å². The van der Waals surface area contributed by atoms with Crippen LogP contribution < -0.4 is 0 Å². The fourth-order valence-electron chi connectivity index (χ4n) is 3.78. The number of hydrogen-bond donors (Lipinski definition) is 2. The number of rotatable bonds is 9. The molecule has 0 radical (unpaired) electrons. The van der Waals surface area contributed by atoms with Crippen LogP contribution in [0, 0.1) is 12.7 Å². The van der Waals surface area contributed by atoms with Gasteiger partial charge in [0.1, 0.15) is 12.2 Å². The van der Waals surface area contributed by atoms with E-state index in [-0.39, 0.29) is 11.7 Å². The fourth-order valence-corrected chi connectivity index (χ4v) is 4.88. The number of aromatic nitrogens is 1. The Hall–Kier alpha value is -3.41. The molecule has 0 bridgehead atoms. The number of hydrogen-bond acceptors (Lipinski definition) is 4. The van der Waals surface area contributed by atoms with Gasteiger partial charge >= 0.3 is 5.97 Å². The SMILES string of the molecule is Cc1ccccc1-c1cc(-c2ccc(F)cc2)c(C=CP(=O)(O)CC(=O)CC(=O)O)c(C(C)C)n1. The van der Waals surface area contributed by atoms with Gasteiger partial charge in [0.15, 0.2) is 5.78 Å². The standard InChI is InChI=1S/C27H27FNO5P/c1-17(2)27-23(12-13-35(33,34)16-21(30)14-26(31)32)24(19-8-10-20(28)11-9-19)15-25(29-27)22-7-5-4-6-18(22)3/h4-13,15,17H,14,16H2,1-3H3,(H,31,32)(H,33,34). The van der Waals surface area contributed by atoms with Crippen molar-refractivity contribution in [1.82, 2.24) is 4.98 Å². The van der Waals surface area contributed by atoms with Crippen molar-refractivity contribution in [3.63, 3.8) is 0 Å². The Labute approximate surface area is 203 Å². The number of carbonyl (C=O) groups excluding carboxylic acids is 1. The van der Waals surface area contributed by atoms with Crippen molar-refractivity contribution in [3.05, 3.63) is 83.1 Å². The molecular formula is C27H27FNO5P. The lowest BCUT2D eigenvalue weighted by molar-refractivity contribution is -0.139. The molecule has 3 aromatic rings. The predicted molar refractivity (Wildman–Crippen MR) is 135 cm³/mol. The van der Waals surface area contributed by atoms with Gasteiger partial charge in [0.05, 0.1) is 17.5 Å². The summed E-state index contributed by atoms with van der Waals surface area (Å²) >= 11 is 0. The van der Waals surface area contributed by atoms with Crippen LogP contribution in [0.15, 0.2) is 60.4 Å². The molecule has 2 aromatic carbocycles. The van der Waals surface area contributed by atoms with E-state index in [1.54, 1.807) is 12.1 Å². The van der Waals surface area contributed by atoms with Gasteiger partial charge in [-0.2, -0.15) is 0 Å². The van der Waals surface area contributed by atoms with Crippen molar-refractivity contribution < 1.29 is 28.5 Å². The van der Waals surface area contributed by atoms with Gasteiger partial charge in [0.25, 0.3) is 0 Å². The van der Waals surface area contributed by atoms with Crippen LogP contribution in [-0.4, -0.2) is 32.9 Å². The summed E-state index contributed by atoms with van der Waals surface area (Å²) in [5.74, 6) is -1.58. The summed E-state index contributed by atoms with van der Waals surface area (Å²) in [6, 6.07) is 15.6. The van der Waals surface area contributed by atoms with E-state index in [1.807, 2.05) is 51.1 Å². The lowest BCUT2D eigenvalue weighted by Crippen LogP contribution is -2.10. The first-order valence-electron chi connectivity index (χ1n) is 11.1. The minimum absolute atomic E-state index is 0.0652. The second-order valence-corrected chi connectivity index (χ2v) is 10.8. The average molecular weight is 495 g/mol. The van der Waals surface area contributed by atoms with Crippen LogP contribution in [0.4, 0.5) is 4.39 Å². The molecule has 1 aromatic heterocycles. The normalized spacial score (nSPS) is 13.2. The van der Waals surface area contributed by atoms with E-state index in [4.69, 9.17) is 10.1 Å². The molecule has 1 heterocycles. The molecule has 6 nitrogen and oxygen atoms in total. The van der Waals surface area contributed by atoms with Crippen LogP contribution >= 0.6 is 7.37 Å². The quantitative estimate of drug-likeness (QED) is 0.268. The molecule has 1 atom stereocenters. The summed E-state index contributed by atoms with van der Waals surface area (Å²) in [7, 11) is -4.10. The highest BCUT2D eigenvalue weighted by Gasteiger charge is 2.23. The van der Waals surface area contributed by atoms with E-state index in [1.165, 1.54) is 18.2 Å². The third kappa shape index (κ3) is 6.81. The van der Waals surface area contributed by atoms with Crippen molar-refractivity contribution in [3.8, 4) is 22.4 Å². The first kappa shape index (κ1) is 26.2. The molecule has 1 unspecified atom stereocenters. The molecule has 0 spiro atoms. The van der Waals surface area contributed by atoms with Gasteiger partial charge in [-0.3, -0.25) is 19.1 Å². The van der Waals surface area contributed by atoms with Gasteiger partial charge in [-0.15, -0.1) is 0 Å². The number of Topliss-reactive ketones (excluding diaryl/α,β-unsaturated/α-hetero) is 1. The van der Waals surface area contributed by atoms with Gasteiger partial charge in [0, 0.05) is 16.9 Å². The van der Waals surface area contributed by atoms with E-state index in [0.29, 0.717) is 28.1 Å². The maximum absolute atomic E-state index is 13.7. The number of ketones is 1. The predicted octanol–water partition coefficient (Wildman–Crippen LogP) is 6.27. The topological polar surface area (TPSA) is 105 Å².